The fraction of sp³-hybridized carbons (Fsp3) is 0.111. The highest BCUT2D eigenvalue weighted by molar-refractivity contribution is 7.21. The van der Waals surface area contributed by atoms with Crippen molar-refractivity contribution in [3.63, 3.8) is 0 Å². The normalized spacial score (nSPS) is 21.2. The Morgan fingerprint density at radius 2 is 1.79 bits per heavy atom. The monoisotopic (exact) mass is 335 g/mol. The van der Waals surface area contributed by atoms with Gasteiger partial charge in [0.1, 0.15) is 4.88 Å². The van der Waals surface area contributed by atoms with Gasteiger partial charge in [-0.1, -0.05) is 36.4 Å². The van der Waals surface area contributed by atoms with Crippen LogP contribution in [-0.2, 0) is 10.5 Å². The van der Waals surface area contributed by atoms with E-state index >= 15 is 0 Å². The van der Waals surface area contributed by atoms with E-state index in [0.29, 0.717) is 4.88 Å². The minimum absolute atomic E-state index is 0.227. The average Bonchev–Trinajstić information content (AvgIpc) is 3.07. The third-order valence-electron chi connectivity index (χ3n) is 4.67. The van der Waals surface area contributed by atoms with E-state index < -0.39 is 5.66 Å². The van der Waals surface area contributed by atoms with Crippen molar-refractivity contribution in [2.45, 2.75) is 12.6 Å². The van der Waals surface area contributed by atoms with Gasteiger partial charge in [-0.05, 0) is 18.6 Å². The standard InChI is InChI=1S/C18H13N3O2S/c1-9-5-4-7-11-13(9)19-17(23)18(11)20-14-10-6-2-3-8-12(10)24-15(14)16(22)21-18/h2-8,20H,1H3,(H,19,23)(H,21,22)/t18-/m0/s1. The number of hydrogen-bond donors (Lipinski definition) is 3. The third kappa shape index (κ3) is 1.53. The summed E-state index contributed by atoms with van der Waals surface area (Å²) in [7, 11) is 0. The lowest BCUT2D eigenvalue weighted by Crippen LogP contribution is -2.58. The molecule has 0 radical (unpaired) electrons. The smallest absolute Gasteiger partial charge is 0.275 e. The zero-order valence-electron chi connectivity index (χ0n) is 12.8. The molecule has 2 aromatic carbocycles. The average molecular weight is 335 g/mol. The minimum Gasteiger partial charge on any atom is -0.349 e. The molecule has 2 aliphatic heterocycles. The van der Waals surface area contributed by atoms with Crippen LogP contribution in [0.25, 0.3) is 10.1 Å². The van der Waals surface area contributed by atoms with Crippen LogP contribution in [0.2, 0.25) is 0 Å². The molecule has 0 saturated carbocycles. The van der Waals surface area contributed by atoms with Gasteiger partial charge in [-0.15, -0.1) is 11.3 Å². The lowest BCUT2D eigenvalue weighted by molar-refractivity contribution is -0.120. The highest BCUT2D eigenvalue weighted by Crippen LogP contribution is 2.45. The first-order valence-corrected chi connectivity index (χ1v) is 8.45. The molecule has 6 heteroatoms. The van der Waals surface area contributed by atoms with E-state index in [2.05, 4.69) is 16.0 Å². The number of nitrogens with one attached hydrogen (secondary N) is 3. The van der Waals surface area contributed by atoms with Gasteiger partial charge in [-0.3, -0.25) is 9.59 Å². The van der Waals surface area contributed by atoms with E-state index in [1.54, 1.807) is 0 Å². The maximum absolute atomic E-state index is 12.8. The summed E-state index contributed by atoms with van der Waals surface area (Å²) in [6.45, 7) is 1.94. The number of amides is 2. The zero-order valence-corrected chi connectivity index (χ0v) is 13.6. The summed E-state index contributed by atoms with van der Waals surface area (Å²) in [6.07, 6.45) is 0. The summed E-state index contributed by atoms with van der Waals surface area (Å²) in [6, 6.07) is 13.5. The molecule has 0 bridgehead atoms. The number of anilines is 2. The van der Waals surface area contributed by atoms with Crippen LogP contribution in [0, 0.1) is 6.92 Å². The molecule has 24 heavy (non-hydrogen) atoms. The summed E-state index contributed by atoms with van der Waals surface area (Å²) in [5.41, 5.74) is 1.95. The van der Waals surface area contributed by atoms with E-state index in [-0.39, 0.29) is 11.8 Å². The molecule has 0 aliphatic carbocycles. The molecule has 0 unspecified atom stereocenters. The van der Waals surface area contributed by atoms with Crippen LogP contribution in [0.5, 0.6) is 0 Å². The number of carbonyl (C=O) groups excluding carboxylic acids is 2. The second-order valence-corrected chi connectivity index (χ2v) is 7.14. The Morgan fingerprint density at radius 3 is 2.67 bits per heavy atom. The van der Waals surface area contributed by atoms with Crippen molar-refractivity contribution in [1.82, 2.24) is 5.32 Å². The summed E-state index contributed by atoms with van der Waals surface area (Å²) in [5.74, 6) is -0.490. The second kappa shape index (κ2) is 4.36. The Bertz CT molecular complexity index is 1060. The van der Waals surface area contributed by atoms with Gasteiger partial charge in [-0.25, -0.2) is 0 Å². The van der Waals surface area contributed by atoms with Crippen molar-refractivity contribution < 1.29 is 9.59 Å². The van der Waals surface area contributed by atoms with Crippen LogP contribution in [0.1, 0.15) is 20.8 Å². The molecule has 3 N–H and O–H groups in total. The maximum atomic E-state index is 12.8. The molecule has 0 saturated heterocycles. The van der Waals surface area contributed by atoms with Crippen molar-refractivity contribution in [3.05, 3.63) is 58.5 Å². The van der Waals surface area contributed by atoms with Crippen molar-refractivity contribution in [2.24, 2.45) is 0 Å². The molecule has 3 aromatic rings. The molecule has 1 spiro atoms. The van der Waals surface area contributed by atoms with Crippen molar-refractivity contribution in [1.29, 1.82) is 0 Å². The highest BCUT2D eigenvalue weighted by atomic mass is 32.1. The topological polar surface area (TPSA) is 70.2 Å². The molecule has 5 rings (SSSR count). The van der Waals surface area contributed by atoms with E-state index in [1.165, 1.54) is 11.3 Å². The van der Waals surface area contributed by atoms with Gasteiger partial charge in [0.05, 0.1) is 11.4 Å². The number of hydrogen-bond acceptors (Lipinski definition) is 4. The summed E-state index contributed by atoms with van der Waals surface area (Å²) < 4.78 is 1.02. The van der Waals surface area contributed by atoms with Crippen LogP contribution >= 0.6 is 11.3 Å². The number of carbonyl (C=O) groups is 2. The van der Waals surface area contributed by atoms with E-state index in [1.807, 2.05) is 49.4 Å². The van der Waals surface area contributed by atoms with Gasteiger partial charge in [-0.2, -0.15) is 0 Å². The second-order valence-electron chi connectivity index (χ2n) is 6.08. The first-order chi connectivity index (χ1) is 11.6. The number of rotatable bonds is 0. The number of para-hydroxylation sites is 1. The molecule has 5 nitrogen and oxygen atoms in total. The first-order valence-electron chi connectivity index (χ1n) is 7.64. The summed E-state index contributed by atoms with van der Waals surface area (Å²) >= 11 is 1.43. The highest BCUT2D eigenvalue weighted by Gasteiger charge is 2.52. The van der Waals surface area contributed by atoms with E-state index in [9.17, 15) is 9.59 Å². The molecule has 2 amide bonds. The quantitative estimate of drug-likeness (QED) is 0.591. The van der Waals surface area contributed by atoms with Crippen LogP contribution in [0.3, 0.4) is 0 Å². The van der Waals surface area contributed by atoms with Gasteiger partial charge in [0, 0.05) is 15.6 Å². The molecule has 0 fully saturated rings. The Balaban J connectivity index is 1.77. The minimum atomic E-state index is -1.25. The molecule has 118 valence electrons. The molecule has 1 atom stereocenters. The number of benzene rings is 2. The van der Waals surface area contributed by atoms with Crippen LogP contribution in [-0.4, -0.2) is 11.8 Å². The Labute approximate surface area is 141 Å². The maximum Gasteiger partial charge on any atom is 0.275 e. The Hall–Kier alpha value is -2.86. The van der Waals surface area contributed by atoms with Crippen LogP contribution in [0.4, 0.5) is 11.4 Å². The van der Waals surface area contributed by atoms with Gasteiger partial charge in [0.25, 0.3) is 11.8 Å². The Kier molecular flexibility index (Phi) is 2.46. The predicted octanol–water partition coefficient (Wildman–Crippen LogP) is 3.17. The zero-order chi connectivity index (χ0) is 16.5. The summed E-state index contributed by atoms with van der Waals surface area (Å²) in [4.78, 5) is 26.1. The fourth-order valence-corrected chi connectivity index (χ4v) is 4.55. The van der Waals surface area contributed by atoms with Crippen LogP contribution < -0.4 is 16.0 Å². The number of aryl methyl sites for hydroxylation is 1. The largest absolute Gasteiger partial charge is 0.349 e. The molecular weight excluding hydrogens is 322 g/mol. The van der Waals surface area contributed by atoms with Gasteiger partial charge < -0.3 is 16.0 Å². The Morgan fingerprint density at radius 1 is 0.958 bits per heavy atom. The predicted molar refractivity (Wildman–Crippen MR) is 94.4 cm³/mol. The van der Waals surface area contributed by atoms with Crippen LogP contribution in [0.15, 0.2) is 42.5 Å². The number of thiophene rings is 1. The van der Waals surface area contributed by atoms with Crippen molar-refractivity contribution >= 4 is 44.6 Å². The molecule has 3 heterocycles. The molecule has 2 aliphatic rings. The van der Waals surface area contributed by atoms with Gasteiger partial charge >= 0.3 is 0 Å². The molecule has 1 aromatic heterocycles. The fourth-order valence-electron chi connectivity index (χ4n) is 3.50. The lowest BCUT2D eigenvalue weighted by Gasteiger charge is -2.34. The van der Waals surface area contributed by atoms with Crippen molar-refractivity contribution in [3.8, 4) is 0 Å². The summed E-state index contributed by atoms with van der Waals surface area (Å²) in [5, 5.41) is 10.1. The van der Waals surface area contributed by atoms with E-state index in [4.69, 9.17) is 0 Å². The van der Waals surface area contributed by atoms with Gasteiger partial charge in [0.15, 0.2) is 0 Å². The lowest BCUT2D eigenvalue weighted by atomic mass is 9.96. The van der Waals surface area contributed by atoms with E-state index in [0.717, 1.165) is 32.6 Å². The third-order valence-corrected chi connectivity index (χ3v) is 5.84. The number of fused-ring (bicyclic) bond motifs is 5. The first kappa shape index (κ1) is 13.6. The SMILES string of the molecule is Cc1cccc2c1NC(=O)[C@@]21NC(=O)c2sc3ccccc3c2N1. The molecular formula is C18H13N3O2S. The van der Waals surface area contributed by atoms with Crippen molar-refractivity contribution in [2.75, 3.05) is 10.6 Å². The van der Waals surface area contributed by atoms with Gasteiger partial charge in [0.2, 0.25) is 5.66 Å².